The summed E-state index contributed by atoms with van der Waals surface area (Å²) in [5.74, 6) is -0.524. The molecule has 0 unspecified atom stereocenters. The smallest absolute Gasteiger partial charge is 0.348 e. The van der Waals surface area contributed by atoms with E-state index in [-0.39, 0.29) is 5.78 Å². The van der Waals surface area contributed by atoms with E-state index >= 15 is 0 Å². The van der Waals surface area contributed by atoms with Gasteiger partial charge in [-0.15, -0.1) is 11.3 Å². The van der Waals surface area contributed by atoms with Crippen LogP contribution in [0.4, 0.5) is 0 Å². The molecule has 0 aliphatic carbocycles. The molecular formula is C14H12O3S. The van der Waals surface area contributed by atoms with Crippen LogP contribution in [0.2, 0.25) is 0 Å². The minimum absolute atomic E-state index is 0.0668. The first-order chi connectivity index (χ1) is 8.72. The van der Waals surface area contributed by atoms with Crippen molar-refractivity contribution >= 4 is 23.1 Å². The summed E-state index contributed by atoms with van der Waals surface area (Å²) in [6.45, 7) is 0. The van der Waals surface area contributed by atoms with Crippen molar-refractivity contribution in [1.29, 1.82) is 0 Å². The highest BCUT2D eigenvalue weighted by molar-refractivity contribution is 7.12. The summed E-state index contributed by atoms with van der Waals surface area (Å²) in [5, 5.41) is 1.73. The first-order valence-corrected chi connectivity index (χ1v) is 6.33. The normalized spacial score (nSPS) is 10.1. The molecule has 2 aromatic rings. The molecule has 92 valence electrons. The number of methoxy groups -OCH3 is 1. The Bertz CT molecular complexity index is 557. The summed E-state index contributed by atoms with van der Waals surface area (Å²) >= 11 is 1.23. The number of ketones is 1. The first-order valence-electron chi connectivity index (χ1n) is 5.45. The van der Waals surface area contributed by atoms with Crippen molar-refractivity contribution in [3.8, 4) is 0 Å². The lowest BCUT2D eigenvalue weighted by atomic mass is 10.0. The Balaban J connectivity index is 2.20. The number of benzene rings is 1. The van der Waals surface area contributed by atoms with Crippen molar-refractivity contribution in [2.75, 3.05) is 7.11 Å². The molecule has 4 heteroatoms. The van der Waals surface area contributed by atoms with Gasteiger partial charge in [0.25, 0.3) is 0 Å². The van der Waals surface area contributed by atoms with Gasteiger partial charge >= 0.3 is 5.97 Å². The summed E-state index contributed by atoms with van der Waals surface area (Å²) < 4.78 is 4.65. The molecule has 0 aliphatic heterocycles. The van der Waals surface area contributed by atoms with Crippen LogP contribution in [-0.2, 0) is 11.2 Å². The van der Waals surface area contributed by atoms with Crippen molar-refractivity contribution < 1.29 is 14.3 Å². The average molecular weight is 260 g/mol. The summed E-state index contributed by atoms with van der Waals surface area (Å²) in [6, 6.07) is 11.1. The second-order valence-electron chi connectivity index (χ2n) is 3.74. The van der Waals surface area contributed by atoms with E-state index in [1.807, 2.05) is 30.3 Å². The number of ether oxygens (including phenoxy) is 1. The molecule has 1 heterocycles. The maximum absolute atomic E-state index is 12.1. The third-order valence-electron chi connectivity index (χ3n) is 2.54. The Morgan fingerprint density at radius 3 is 2.56 bits per heavy atom. The Morgan fingerprint density at radius 2 is 1.89 bits per heavy atom. The minimum Gasteiger partial charge on any atom is -0.465 e. The van der Waals surface area contributed by atoms with Crippen LogP contribution in [0.5, 0.6) is 0 Å². The fourth-order valence-corrected chi connectivity index (χ4v) is 2.48. The van der Waals surface area contributed by atoms with E-state index in [1.54, 1.807) is 11.4 Å². The van der Waals surface area contributed by atoms with Crippen LogP contribution in [0.25, 0.3) is 0 Å². The van der Waals surface area contributed by atoms with Crippen LogP contribution < -0.4 is 0 Å². The topological polar surface area (TPSA) is 43.4 Å². The molecule has 1 aromatic carbocycles. The van der Waals surface area contributed by atoms with Crippen LogP contribution in [-0.4, -0.2) is 18.9 Å². The Labute approximate surface area is 109 Å². The van der Waals surface area contributed by atoms with Gasteiger partial charge in [0.05, 0.1) is 7.11 Å². The molecule has 0 fully saturated rings. The highest BCUT2D eigenvalue weighted by Gasteiger charge is 2.19. The molecule has 18 heavy (non-hydrogen) atoms. The van der Waals surface area contributed by atoms with E-state index in [4.69, 9.17) is 0 Å². The van der Waals surface area contributed by atoms with Crippen LogP contribution >= 0.6 is 11.3 Å². The third-order valence-corrected chi connectivity index (χ3v) is 3.44. The number of Topliss-reactive ketones (excluding diaryl/α,β-unsaturated/α-hetero) is 1. The van der Waals surface area contributed by atoms with Gasteiger partial charge in [-0.05, 0) is 17.0 Å². The van der Waals surface area contributed by atoms with Crippen molar-refractivity contribution in [2.45, 2.75) is 6.42 Å². The molecular weight excluding hydrogens is 248 g/mol. The van der Waals surface area contributed by atoms with Crippen molar-refractivity contribution in [3.63, 3.8) is 0 Å². The number of carbonyl (C=O) groups excluding carboxylic acids is 2. The molecule has 0 radical (unpaired) electrons. The van der Waals surface area contributed by atoms with E-state index in [1.165, 1.54) is 18.4 Å². The largest absolute Gasteiger partial charge is 0.465 e. The predicted molar refractivity (Wildman–Crippen MR) is 70.1 cm³/mol. The van der Waals surface area contributed by atoms with Crippen molar-refractivity contribution in [2.24, 2.45) is 0 Å². The number of thiophene rings is 1. The molecule has 1 aromatic heterocycles. The van der Waals surface area contributed by atoms with Gasteiger partial charge in [-0.25, -0.2) is 4.79 Å². The van der Waals surface area contributed by atoms with E-state index in [0.29, 0.717) is 16.9 Å². The van der Waals surface area contributed by atoms with Gasteiger partial charge in [-0.3, -0.25) is 4.79 Å². The number of hydrogen-bond acceptors (Lipinski definition) is 4. The quantitative estimate of drug-likeness (QED) is 0.627. The van der Waals surface area contributed by atoms with E-state index in [2.05, 4.69) is 4.74 Å². The lowest BCUT2D eigenvalue weighted by Crippen LogP contribution is -2.09. The first kappa shape index (κ1) is 12.5. The Kier molecular flexibility index (Phi) is 3.89. The van der Waals surface area contributed by atoms with E-state index in [0.717, 1.165) is 5.56 Å². The minimum atomic E-state index is -0.457. The van der Waals surface area contributed by atoms with Crippen LogP contribution in [0.15, 0.2) is 41.8 Å². The van der Waals surface area contributed by atoms with Crippen molar-refractivity contribution in [3.05, 3.63) is 57.8 Å². The predicted octanol–water partition coefficient (Wildman–Crippen LogP) is 2.96. The molecule has 0 saturated heterocycles. The molecule has 0 spiro atoms. The molecule has 3 nitrogen and oxygen atoms in total. The summed E-state index contributed by atoms with van der Waals surface area (Å²) in [4.78, 5) is 24.0. The Morgan fingerprint density at radius 1 is 1.17 bits per heavy atom. The van der Waals surface area contributed by atoms with Crippen LogP contribution in [0.1, 0.15) is 25.6 Å². The second kappa shape index (κ2) is 5.60. The number of rotatable bonds is 4. The number of carbonyl (C=O) groups is 2. The highest BCUT2D eigenvalue weighted by Crippen LogP contribution is 2.19. The SMILES string of the molecule is COC(=O)c1sccc1C(=O)Cc1ccccc1. The molecule has 0 aliphatic rings. The zero-order valence-electron chi connectivity index (χ0n) is 9.88. The molecule has 0 N–H and O–H groups in total. The average Bonchev–Trinajstić information content (AvgIpc) is 2.88. The third kappa shape index (κ3) is 2.65. The fraction of sp³-hybridized carbons (Fsp3) is 0.143. The van der Waals surface area contributed by atoms with Gasteiger partial charge in [0.2, 0.25) is 0 Å². The van der Waals surface area contributed by atoms with Crippen molar-refractivity contribution in [1.82, 2.24) is 0 Å². The maximum atomic E-state index is 12.1. The monoisotopic (exact) mass is 260 g/mol. The molecule has 0 atom stereocenters. The lowest BCUT2D eigenvalue weighted by molar-refractivity contribution is 0.0603. The zero-order chi connectivity index (χ0) is 13.0. The van der Waals surface area contributed by atoms with Gasteiger partial charge in [-0.1, -0.05) is 30.3 Å². The molecule has 2 rings (SSSR count). The van der Waals surface area contributed by atoms with Gasteiger partial charge in [0.15, 0.2) is 5.78 Å². The fourth-order valence-electron chi connectivity index (χ4n) is 1.66. The van der Waals surface area contributed by atoms with Gasteiger partial charge in [0.1, 0.15) is 4.88 Å². The molecule has 0 bridgehead atoms. The number of esters is 1. The Hall–Kier alpha value is -1.94. The number of hydrogen-bond donors (Lipinski definition) is 0. The molecule has 0 amide bonds. The summed E-state index contributed by atoms with van der Waals surface area (Å²) in [6.07, 6.45) is 0.293. The highest BCUT2D eigenvalue weighted by atomic mass is 32.1. The van der Waals surface area contributed by atoms with Crippen LogP contribution in [0.3, 0.4) is 0 Å². The second-order valence-corrected chi connectivity index (χ2v) is 4.66. The van der Waals surface area contributed by atoms with E-state index < -0.39 is 5.97 Å². The lowest BCUT2D eigenvalue weighted by Gasteiger charge is -2.02. The maximum Gasteiger partial charge on any atom is 0.348 e. The van der Waals surface area contributed by atoms with Crippen LogP contribution in [0, 0.1) is 0 Å². The van der Waals surface area contributed by atoms with Gasteiger partial charge < -0.3 is 4.74 Å². The van der Waals surface area contributed by atoms with Gasteiger partial charge in [0, 0.05) is 12.0 Å². The summed E-state index contributed by atoms with van der Waals surface area (Å²) in [5.41, 5.74) is 1.38. The van der Waals surface area contributed by atoms with Gasteiger partial charge in [-0.2, -0.15) is 0 Å². The molecule has 0 saturated carbocycles. The zero-order valence-corrected chi connectivity index (χ0v) is 10.7. The summed E-state index contributed by atoms with van der Waals surface area (Å²) in [7, 11) is 1.31. The van der Waals surface area contributed by atoms with E-state index in [9.17, 15) is 9.59 Å². The standard InChI is InChI=1S/C14H12O3S/c1-17-14(16)13-11(7-8-18-13)12(15)9-10-5-3-2-4-6-10/h2-8H,9H2,1H3.